The second-order valence-electron chi connectivity index (χ2n) is 5.08. The number of nitrogens with one attached hydrogen (secondary N) is 1. The van der Waals surface area contributed by atoms with Gasteiger partial charge in [0.15, 0.2) is 5.17 Å². The van der Waals surface area contributed by atoms with E-state index in [2.05, 4.69) is 9.98 Å². The molecule has 0 bridgehead atoms. The first kappa shape index (κ1) is 18.1. The molecule has 136 valence electrons. The fourth-order valence-corrected chi connectivity index (χ4v) is 3.46. The second-order valence-corrected chi connectivity index (χ2v) is 6.55. The Morgan fingerprint density at radius 2 is 1.96 bits per heavy atom. The molecule has 0 radical (unpaired) electrons. The van der Waals surface area contributed by atoms with E-state index in [1.165, 1.54) is 0 Å². The first-order chi connectivity index (χ1) is 11.5. The van der Waals surface area contributed by atoms with Crippen LogP contribution >= 0.6 is 23.4 Å². The summed E-state index contributed by atoms with van der Waals surface area (Å²) in [7, 11) is 0. The standard InChI is InChI=1S/C12H7ClF6N4OS/c13-6-3-5(11(14,15)16)4-20-7(6)21-10(12(17,18)19)8(24)23-1-2-25-9(23)22-10/h3-4H,1-2H2,(H,20,21). The first-order valence-electron chi connectivity index (χ1n) is 6.58. The van der Waals surface area contributed by atoms with Crippen molar-refractivity contribution in [2.45, 2.75) is 18.0 Å². The Bertz CT molecular complexity index is 767. The third kappa shape index (κ3) is 2.90. The van der Waals surface area contributed by atoms with Gasteiger partial charge in [0.25, 0.3) is 5.91 Å². The van der Waals surface area contributed by atoms with Crippen LogP contribution in [-0.2, 0) is 11.0 Å². The number of pyridine rings is 1. The molecule has 0 aromatic carbocycles. The number of aromatic nitrogens is 1. The normalized spacial score (nSPS) is 23.7. The second kappa shape index (κ2) is 5.66. The van der Waals surface area contributed by atoms with Crippen LogP contribution in [0.1, 0.15) is 5.56 Å². The molecular weight excluding hydrogens is 398 g/mol. The Balaban J connectivity index is 2.02. The molecule has 1 N–H and O–H groups in total. The average Bonchev–Trinajstić information content (AvgIpc) is 3.02. The van der Waals surface area contributed by atoms with Gasteiger partial charge in [-0.15, -0.1) is 0 Å². The van der Waals surface area contributed by atoms with E-state index in [1.54, 1.807) is 5.32 Å². The van der Waals surface area contributed by atoms with E-state index in [4.69, 9.17) is 11.6 Å². The summed E-state index contributed by atoms with van der Waals surface area (Å²) >= 11 is 6.59. The van der Waals surface area contributed by atoms with E-state index < -0.39 is 40.3 Å². The summed E-state index contributed by atoms with van der Waals surface area (Å²) in [6, 6.07) is 0.420. The number of thioether (sulfide) groups is 1. The van der Waals surface area contributed by atoms with E-state index in [0.29, 0.717) is 18.0 Å². The lowest BCUT2D eigenvalue weighted by Gasteiger charge is -2.29. The van der Waals surface area contributed by atoms with Gasteiger partial charge >= 0.3 is 18.0 Å². The molecule has 1 unspecified atom stereocenters. The van der Waals surface area contributed by atoms with Gasteiger partial charge in [-0.05, 0) is 6.07 Å². The predicted octanol–water partition coefficient (Wildman–Crippen LogP) is 3.37. The lowest BCUT2D eigenvalue weighted by atomic mass is 10.1. The summed E-state index contributed by atoms with van der Waals surface area (Å²) in [6.07, 6.45) is -9.60. The number of amides is 1. The molecule has 1 aromatic rings. The zero-order valence-corrected chi connectivity index (χ0v) is 13.4. The van der Waals surface area contributed by atoms with Crippen LogP contribution in [0, 0.1) is 0 Å². The minimum Gasteiger partial charge on any atom is -0.329 e. The van der Waals surface area contributed by atoms with Crippen molar-refractivity contribution in [3.05, 3.63) is 22.8 Å². The number of nitrogens with zero attached hydrogens (tertiary/aromatic N) is 3. The highest BCUT2D eigenvalue weighted by Gasteiger charge is 2.67. The fourth-order valence-electron chi connectivity index (χ4n) is 2.26. The highest BCUT2D eigenvalue weighted by Crippen LogP contribution is 2.44. The van der Waals surface area contributed by atoms with Gasteiger partial charge in [-0.3, -0.25) is 9.69 Å². The number of fused-ring (bicyclic) bond motifs is 1. The van der Waals surface area contributed by atoms with Crippen molar-refractivity contribution in [2.75, 3.05) is 17.6 Å². The Labute approximate surface area is 145 Å². The van der Waals surface area contributed by atoms with E-state index in [9.17, 15) is 31.1 Å². The van der Waals surface area contributed by atoms with Gasteiger partial charge in [0.1, 0.15) is 5.82 Å². The summed E-state index contributed by atoms with van der Waals surface area (Å²) in [6.45, 7) is 0.0516. The lowest BCUT2D eigenvalue weighted by molar-refractivity contribution is -0.185. The molecule has 1 aromatic heterocycles. The molecular formula is C12H7ClF6N4OS. The Hall–Kier alpha value is -1.69. The fraction of sp³-hybridized carbons (Fsp3) is 0.417. The van der Waals surface area contributed by atoms with Gasteiger partial charge in [0, 0.05) is 18.5 Å². The van der Waals surface area contributed by atoms with Gasteiger partial charge in [-0.1, -0.05) is 23.4 Å². The molecule has 5 nitrogen and oxygen atoms in total. The van der Waals surface area contributed by atoms with Gasteiger partial charge in [-0.25, -0.2) is 9.98 Å². The molecule has 25 heavy (non-hydrogen) atoms. The number of aliphatic imine (C=N–C) groups is 1. The van der Waals surface area contributed by atoms with Crippen molar-refractivity contribution in [3.63, 3.8) is 0 Å². The Morgan fingerprint density at radius 1 is 1.28 bits per heavy atom. The van der Waals surface area contributed by atoms with E-state index in [0.717, 1.165) is 16.7 Å². The molecule has 0 saturated carbocycles. The number of carbonyl (C=O) groups excluding carboxylic acids is 1. The number of amidine groups is 1. The van der Waals surface area contributed by atoms with Crippen LogP contribution in [0.3, 0.4) is 0 Å². The van der Waals surface area contributed by atoms with Crippen LogP contribution in [0.25, 0.3) is 0 Å². The van der Waals surface area contributed by atoms with Crippen LogP contribution < -0.4 is 5.32 Å². The van der Waals surface area contributed by atoms with Crippen LogP contribution in [0.5, 0.6) is 0 Å². The average molecular weight is 405 g/mol. The van der Waals surface area contributed by atoms with Crippen LogP contribution in [0.15, 0.2) is 17.3 Å². The maximum absolute atomic E-state index is 13.6. The molecule has 1 atom stereocenters. The maximum Gasteiger partial charge on any atom is 0.442 e. The number of hydrogen-bond acceptors (Lipinski definition) is 5. The van der Waals surface area contributed by atoms with Crippen molar-refractivity contribution in [1.82, 2.24) is 9.88 Å². The summed E-state index contributed by atoms with van der Waals surface area (Å²) in [5, 5.41) is 0.963. The molecule has 3 rings (SSSR count). The maximum atomic E-state index is 13.6. The number of hydrogen-bond donors (Lipinski definition) is 1. The Kier molecular flexibility index (Phi) is 4.10. The number of anilines is 1. The van der Waals surface area contributed by atoms with E-state index in [1.807, 2.05) is 0 Å². The molecule has 2 aliphatic rings. The summed E-state index contributed by atoms with van der Waals surface area (Å²) in [5.41, 5.74) is -4.60. The minimum absolute atomic E-state index is 0.0516. The van der Waals surface area contributed by atoms with E-state index in [-0.39, 0.29) is 11.7 Å². The molecule has 3 heterocycles. The smallest absolute Gasteiger partial charge is 0.329 e. The quantitative estimate of drug-likeness (QED) is 0.768. The van der Waals surface area contributed by atoms with Crippen molar-refractivity contribution < 1.29 is 31.1 Å². The van der Waals surface area contributed by atoms with Crippen molar-refractivity contribution in [2.24, 2.45) is 4.99 Å². The highest BCUT2D eigenvalue weighted by atomic mass is 35.5. The molecule has 13 heteroatoms. The SMILES string of the molecule is O=C1N2CCSC2=NC1(Nc1ncc(C(F)(F)F)cc1Cl)C(F)(F)F. The molecule has 1 saturated heterocycles. The lowest BCUT2D eigenvalue weighted by Crippen LogP contribution is -2.58. The molecule has 0 aliphatic carbocycles. The highest BCUT2D eigenvalue weighted by molar-refractivity contribution is 8.14. The van der Waals surface area contributed by atoms with Gasteiger partial charge in [-0.2, -0.15) is 26.3 Å². The molecule has 2 aliphatic heterocycles. The monoisotopic (exact) mass is 404 g/mol. The minimum atomic E-state index is -5.16. The summed E-state index contributed by atoms with van der Waals surface area (Å²) < 4.78 is 78.6. The Morgan fingerprint density at radius 3 is 2.48 bits per heavy atom. The predicted molar refractivity (Wildman–Crippen MR) is 78.3 cm³/mol. The number of rotatable bonds is 2. The van der Waals surface area contributed by atoms with Crippen molar-refractivity contribution in [1.29, 1.82) is 0 Å². The number of alkyl halides is 6. The van der Waals surface area contributed by atoms with Gasteiger partial charge < -0.3 is 5.32 Å². The zero-order chi connectivity index (χ0) is 18.6. The van der Waals surface area contributed by atoms with Crippen molar-refractivity contribution in [3.8, 4) is 0 Å². The van der Waals surface area contributed by atoms with Crippen LogP contribution in [0.2, 0.25) is 5.02 Å². The molecule has 0 spiro atoms. The van der Waals surface area contributed by atoms with Crippen molar-refractivity contribution >= 4 is 40.3 Å². The summed E-state index contributed by atoms with van der Waals surface area (Å²) in [5.74, 6) is -1.70. The van der Waals surface area contributed by atoms with Gasteiger partial charge in [0.2, 0.25) is 0 Å². The largest absolute Gasteiger partial charge is 0.442 e. The topological polar surface area (TPSA) is 57.6 Å². The summed E-state index contributed by atoms with van der Waals surface area (Å²) in [4.78, 5) is 19.9. The third-order valence-corrected chi connectivity index (χ3v) is 4.72. The number of carbonyl (C=O) groups is 1. The zero-order valence-electron chi connectivity index (χ0n) is 11.9. The van der Waals surface area contributed by atoms with Gasteiger partial charge in [0.05, 0.1) is 10.6 Å². The van der Waals surface area contributed by atoms with E-state index >= 15 is 0 Å². The third-order valence-electron chi connectivity index (χ3n) is 3.47. The van der Waals surface area contributed by atoms with Crippen LogP contribution in [0.4, 0.5) is 32.2 Å². The molecule has 1 fully saturated rings. The molecule has 1 amide bonds. The number of halogens is 7. The van der Waals surface area contributed by atoms with Crippen LogP contribution in [-0.4, -0.2) is 45.1 Å². The first-order valence-corrected chi connectivity index (χ1v) is 7.94.